The van der Waals surface area contributed by atoms with Gasteiger partial charge in [-0.15, -0.1) is 0 Å². The maximum atomic E-state index is 4.33. The van der Waals surface area contributed by atoms with Gasteiger partial charge in [0.25, 0.3) is 0 Å². The molecule has 1 N–H and O–H groups in total. The Morgan fingerprint density at radius 2 is 2.14 bits per heavy atom. The summed E-state index contributed by atoms with van der Waals surface area (Å²) in [5, 5.41) is 4.26. The van der Waals surface area contributed by atoms with Crippen molar-refractivity contribution in [3.8, 4) is 0 Å². The average Bonchev–Trinajstić information content (AvgIpc) is 3.06. The summed E-state index contributed by atoms with van der Waals surface area (Å²) in [6.45, 7) is 0.813. The summed E-state index contributed by atoms with van der Waals surface area (Å²) in [5.74, 6) is 0.819. The number of anilines is 2. The lowest BCUT2D eigenvalue weighted by Gasteiger charge is -2.18. The van der Waals surface area contributed by atoms with E-state index in [2.05, 4.69) is 50.6 Å². The molecule has 3 aromatic rings. The highest BCUT2D eigenvalue weighted by Gasteiger charge is 2.17. The number of aromatic nitrogens is 4. The minimum absolute atomic E-state index is 0.813. The van der Waals surface area contributed by atoms with Crippen molar-refractivity contribution in [1.29, 1.82) is 0 Å². The van der Waals surface area contributed by atoms with Crippen LogP contribution >= 0.6 is 11.8 Å². The van der Waals surface area contributed by atoms with Crippen LogP contribution in [0.25, 0.3) is 6.08 Å². The topological polar surface area (TPSA) is 55.6 Å². The van der Waals surface area contributed by atoms with Gasteiger partial charge in [0, 0.05) is 36.2 Å². The molecule has 2 aromatic heterocycles. The smallest absolute Gasteiger partial charge is 0.163 e. The van der Waals surface area contributed by atoms with Crippen molar-refractivity contribution in [1.82, 2.24) is 19.5 Å². The van der Waals surface area contributed by atoms with Gasteiger partial charge in [-0.3, -0.25) is 0 Å². The lowest BCUT2D eigenvalue weighted by atomic mass is 10.2. The van der Waals surface area contributed by atoms with Gasteiger partial charge >= 0.3 is 0 Å². The largest absolute Gasteiger partial charge is 0.337 e. The fourth-order valence-corrected chi connectivity index (χ4v) is 3.14. The Balaban J connectivity index is 1.54. The molecule has 6 heteroatoms. The number of rotatable bonds is 3. The Labute approximate surface area is 132 Å². The van der Waals surface area contributed by atoms with Crippen LogP contribution in [-0.4, -0.2) is 19.5 Å². The molecule has 108 valence electrons. The van der Waals surface area contributed by atoms with Crippen molar-refractivity contribution in [3.63, 3.8) is 0 Å². The number of nitrogens with zero attached hydrogens (tertiary/aromatic N) is 4. The highest BCUT2D eigenvalue weighted by molar-refractivity contribution is 7.99. The summed E-state index contributed by atoms with van der Waals surface area (Å²) in [4.78, 5) is 13.9. The molecule has 0 atom stereocenters. The predicted molar refractivity (Wildman–Crippen MR) is 87.1 cm³/mol. The zero-order valence-electron chi connectivity index (χ0n) is 11.7. The number of nitrogens with one attached hydrogen (secondary N) is 1. The van der Waals surface area contributed by atoms with E-state index in [-0.39, 0.29) is 0 Å². The van der Waals surface area contributed by atoms with Gasteiger partial charge in [0.05, 0.1) is 12.0 Å². The molecule has 1 aromatic carbocycles. The van der Waals surface area contributed by atoms with Crippen LogP contribution in [0.15, 0.2) is 65.3 Å². The number of benzene rings is 1. The van der Waals surface area contributed by atoms with E-state index in [9.17, 15) is 0 Å². The predicted octanol–water partition coefficient (Wildman–Crippen LogP) is 3.59. The third kappa shape index (κ3) is 2.60. The molecule has 3 heterocycles. The molecule has 0 saturated carbocycles. The Kier molecular flexibility index (Phi) is 3.36. The number of fused-ring (bicyclic) bond motifs is 2. The van der Waals surface area contributed by atoms with Crippen LogP contribution in [0, 0.1) is 0 Å². The van der Waals surface area contributed by atoms with Gasteiger partial charge in [0.2, 0.25) is 0 Å². The second kappa shape index (κ2) is 5.65. The molecule has 0 spiro atoms. The van der Waals surface area contributed by atoms with Crippen molar-refractivity contribution >= 4 is 29.3 Å². The molecule has 0 unspecified atom stereocenters. The molecular formula is C16H13N5S. The van der Waals surface area contributed by atoms with E-state index in [1.807, 2.05) is 17.1 Å². The molecule has 0 amide bonds. The summed E-state index contributed by atoms with van der Waals surface area (Å²) in [6.07, 6.45) is 13.2. The van der Waals surface area contributed by atoms with Crippen molar-refractivity contribution in [3.05, 3.63) is 61.0 Å². The molecule has 0 radical (unpaired) electrons. The van der Waals surface area contributed by atoms with Gasteiger partial charge in [-0.2, -0.15) is 0 Å². The van der Waals surface area contributed by atoms with Crippen LogP contribution in [0.2, 0.25) is 0 Å². The molecule has 5 nitrogen and oxygen atoms in total. The molecule has 0 aliphatic carbocycles. The summed E-state index contributed by atoms with van der Waals surface area (Å²) >= 11 is 1.64. The summed E-state index contributed by atoms with van der Waals surface area (Å²) in [6, 6.07) is 6.35. The maximum Gasteiger partial charge on any atom is 0.163 e. The number of imidazole rings is 1. The molecule has 4 rings (SSSR count). The highest BCUT2D eigenvalue weighted by Crippen LogP contribution is 2.42. The van der Waals surface area contributed by atoms with Crippen LogP contribution in [-0.2, 0) is 6.54 Å². The zero-order chi connectivity index (χ0) is 14.8. The fourth-order valence-electron chi connectivity index (χ4n) is 2.26. The Bertz CT molecular complexity index is 826. The van der Waals surface area contributed by atoms with Gasteiger partial charge < -0.3 is 9.88 Å². The van der Waals surface area contributed by atoms with Crippen LogP contribution in [0.5, 0.6) is 0 Å². The van der Waals surface area contributed by atoms with Crippen molar-refractivity contribution in [2.45, 2.75) is 16.5 Å². The minimum Gasteiger partial charge on any atom is -0.337 e. The fraction of sp³-hybridized carbons (Fsp3) is 0.0625. The third-order valence-corrected chi connectivity index (χ3v) is 4.38. The Hall–Kier alpha value is -2.60. The van der Waals surface area contributed by atoms with E-state index in [0.717, 1.165) is 28.6 Å². The van der Waals surface area contributed by atoms with Crippen LogP contribution in [0.1, 0.15) is 5.56 Å². The Morgan fingerprint density at radius 1 is 1.18 bits per heavy atom. The van der Waals surface area contributed by atoms with Crippen LogP contribution in [0.3, 0.4) is 0 Å². The molecule has 0 bridgehead atoms. The van der Waals surface area contributed by atoms with E-state index in [1.54, 1.807) is 30.4 Å². The van der Waals surface area contributed by atoms with E-state index < -0.39 is 0 Å². The lowest BCUT2D eigenvalue weighted by Crippen LogP contribution is -2.03. The standard InChI is InChI=1S/C16H13N5S/c1(8-21-9-7-17-11-21)2-12-3-4-14-13(10-12)20-15-16(22-14)19-6-5-18-15/h1-7,9-11H,8H2,(H,18,20). The lowest BCUT2D eigenvalue weighted by molar-refractivity contribution is 0.823. The quantitative estimate of drug-likeness (QED) is 0.627. The second-order valence-corrected chi connectivity index (χ2v) is 5.89. The highest BCUT2D eigenvalue weighted by atomic mass is 32.2. The number of hydrogen-bond acceptors (Lipinski definition) is 5. The van der Waals surface area contributed by atoms with Gasteiger partial charge in [-0.05, 0) is 17.7 Å². The molecule has 0 fully saturated rings. The van der Waals surface area contributed by atoms with Gasteiger partial charge in [0.15, 0.2) is 5.82 Å². The van der Waals surface area contributed by atoms with Crippen molar-refractivity contribution in [2.75, 3.05) is 5.32 Å². The van der Waals surface area contributed by atoms with Gasteiger partial charge in [0.1, 0.15) is 5.03 Å². The van der Waals surface area contributed by atoms with E-state index in [1.165, 1.54) is 4.90 Å². The first-order valence-corrected chi connectivity index (χ1v) is 7.72. The first-order chi connectivity index (χ1) is 10.9. The molecule has 0 saturated heterocycles. The first-order valence-electron chi connectivity index (χ1n) is 6.91. The van der Waals surface area contributed by atoms with Crippen LogP contribution < -0.4 is 5.32 Å². The third-order valence-electron chi connectivity index (χ3n) is 3.31. The molecule has 22 heavy (non-hydrogen) atoms. The monoisotopic (exact) mass is 307 g/mol. The SMILES string of the molecule is C(=Cc1ccc2c(c1)Nc1nccnc1S2)Cn1ccnc1. The summed E-state index contributed by atoms with van der Waals surface area (Å²) < 4.78 is 2.02. The Morgan fingerprint density at radius 3 is 3.05 bits per heavy atom. The zero-order valence-corrected chi connectivity index (χ0v) is 12.5. The number of allylic oxidation sites excluding steroid dienone is 1. The van der Waals surface area contributed by atoms with E-state index >= 15 is 0 Å². The maximum absolute atomic E-state index is 4.33. The van der Waals surface area contributed by atoms with Crippen LogP contribution in [0.4, 0.5) is 11.5 Å². The molecular weight excluding hydrogens is 294 g/mol. The minimum atomic E-state index is 0.813. The molecule has 1 aliphatic heterocycles. The normalized spacial score (nSPS) is 12.7. The summed E-state index contributed by atoms with van der Waals surface area (Å²) in [5.41, 5.74) is 2.22. The molecule has 1 aliphatic rings. The van der Waals surface area contributed by atoms with Gasteiger partial charge in [-0.25, -0.2) is 15.0 Å². The first kappa shape index (κ1) is 13.1. The van der Waals surface area contributed by atoms with E-state index in [4.69, 9.17) is 0 Å². The number of hydrogen-bond donors (Lipinski definition) is 1. The van der Waals surface area contributed by atoms with E-state index in [0.29, 0.717) is 0 Å². The second-order valence-electron chi connectivity index (χ2n) is 4.85. The van der Waals surface area contributed by atoms with Gasteiger partial charge in [-0.1, -0.05) is 30.0 Å². The van der Waals surface area contributed by atoms with Crippen molar-refractivity contribution < 1.29 is 0 Å². The average molecular weight is 307 g/mol. The van der Waals surface area contributed by atoms with Crippen molar-refractivity contribution in [2.24, 2.45) is 0 Å². The summed E-state index contributed by atoms with van der Waals surface area (Å²) in [7, 11) is 0.